The van der Waals surface area contributed by atoms with Crippen molar-refractivity contribution in [2.75, 3.05) is 49.9 Å². The van der Waals surface area contributed by atoms with Crippen molar-refractivity contribution in [1.29, 1.82) is 0 Å². The minimum atomic E-state index is -4.80. The molecule has 1 aromatic heterocycles. The Bertz CT molecular complexity index is 1070. The zero-order valence-corrected chi connectivity index (χ0v) is 19.8. The molecule has 1 saturated carbocycles. The molecular weight excluding hydrogens is 461 g/mol. The molecule has 5 rings (SSSR count). The minimum absolute atomic E-state index is 0.115. The number of nitrogens with zero attached hydrogens (tertiary/aromatic N) is 5. The molecule has 3 fully saturated rings. The maximum atomic E-state index is 12.7. The van der Waals surface area contributed by atoms with Gasteiger partial charge in [0.25, 0.3) is 0 Å². The first-order valence-corrected chi connectivity index (χ1v) is 12.1. The third-order valence-electron chi connectivity index (χ3n) is 7.13. The zero-order chi connectivity index (χ0) is 24.7. The number of alkyl halides is 3. The molecule has 3 aliphatic rings. The number of amides is 1. The van der Waals surface area contributed by atoms with Gasteiger partial charge in [-0.05, 0) is 31.7 Å². The monoisotopic (exact) mass is 492 g/mol. The van der Waals surface area contributed by atoms with Crippen molar-refractivity contribution in [3.05, 3.63) is 24.5 Å². The average molecular weight is 493 g/mol. The predicted octanol–water partition coefficient (Wildman–Crippen LogP) is 2.89. The number of rotatable bonds is 5. The number of piperazine rings is 1. The van der Waals surface area contributed by atoms with Gasteiger partial charge < -0.3 is 20.3 Å². The van der Waals surface area contributed by atoms with E-state index < -0.39 is 12.1 Å². The zero-order valence-electron chi connectivity index (χ0n) is 19.8. The molecule has 1 aliphatic carbocycles. The van der Waals surface area contributed by atoms with Gasteiger partial charge in [0.05, 0.1) is 18.0 Å². The van der Waals surface area contributed by atoms with E-state index in [4.69, 9.17) is 10.5 Å². The number of nitrogen functional groups attached to an aromatic ring is 1. The fourth-order valence-electron chi connectivity index (χ4n) is 5.05. The van der Waals surface area contributed by atoms with Crippen molar-refractivity contribution in [3.8, 4) is 16.9 Å². The molecular formula is C24H31F3N6O2. The van der Waals surface area contributed by atoms with Crippen LogP contribution in [-0.4, -0.2) is 83.1 Å². The molecule has 8 nitrogen and oxygen atoms in total. The van der Waals surface area contributed by atoms with E-state index in [0.29, 0.717) is 24.5 Å². The second-order valence-corrected chi connectivity index (χ2v) is 9.67. The van der Waals surface area contributed by atoms with Crippen LogP contribution in [0.5, 0.6) is 5.75 Å². The van der Waals surface area contributed by atoms with Crippen molar-refractivity contribution < 1.29 is 22.7 Å². The Morgan fingerprint density at radius 3 is 2.31 bits per heavy atom. The van der Waals surface area contributed by atoms with Gasteiger partial charge in [0.1, 0.15) is 5.75 Å². The van der Waals surface area contributed by atoms with Crippen LogP contribution >= 0.6 is 0 Å². The molecule has 0 spiro atoms. The Balaban J connectivity index is 1.27. The third kappa shape index (κ3) is 5.19. The van der Waals surface area contributed by atoms with Crippen LogP contribution in [0.25, 0.3) is 11.1 Å². The highest BCUT2D eigenvalue weighted by molar-refractivity contribution is 5.84. The quantitative estimate of drug-likeness (QED) is 0.647. The number of halogens is 3. The summed E-state index contributed by atoms with van der Waals surface area (Å²) in [6, 6.07) is 4.29. The first kappa shape index (κ1) is 23.8. The number of aryl methyl sites for hydroxylation is 1. The lowest BCUT2D eigenvalue weighted by molar-refractivity contribution is -0.187. The van der Waals surface area contributed by atoms with E-state index in [1.807, 2.05) is 31.6 Å². The SMILES string of the molecule is Cn1cc(-c2cc(N)c(OC3CC3)cc2N2CCC(N3CCN(C(=O)C(F)(F)F)CC3)CC2)cn1. The van der Waals surface area contributed by atoms with Gasteiger partial charge in [-0.2, -0.15) is 18.3 Å². The van der Waals surface area contributed by atoms with Crippen molar-refractivity contribution in [3.63, 3.8) is 0 Å². The highest BCUT2D eigenvalue weighted by Crippen LogP contribution is 2.41. The number of hydrogen-bond acceptors (Lipinski definition) is 6. The van der Waals surface area contributed by atoms with Gasteiger partial charge in [-0.1, -0.05) is 0 Å². The maximum absolute atomic E-state index is 12.7. The Morgan fingerprint density at radius 2 is 1.74 bits per heavy atom. The summed E-state index contributed by atoms with van der Waals surface area (Å²) in [6.45, 7) is 2.79. The van der Waals surface area contributed by atoms with Crippen molar-refractivity contribution in [2.45, 2.75) is 44.0 Å². The van der Waals surface area contributed by atoms with E-state index in [1.54, 1.807) is 4.68 Å². The molecule has 35 heavy (non-hydrogen) atoms. The number of carbonyl (C=O) groups is 1. The van der Waals surface area contributed by atoms with Crippen molar-refractivity contribution in [2.24, 2.45) is 7.05 Å². The number of nitrogens with two attached hydrogens (primary N) is 1. The average Bonchev–Trinajstić information content (AvgIpc) is 3.56. The maximum Gasteiger partial charge on any atom is 0.471 e. The molecule has 1 aromatic carbocycles. The Morgan fingerprint density at radius 1 is 1.06 bits per heavy atom. The topological polar surface area (TPSA) is 79.9 Å². The molecule has 0 radical (unpaired) electrons. The first-order valence-electron chi connectivity index (χ1n) is 12.1. The van der Waals surface area contributed by atoms with Gasteiger partial charge in [-0.25, -0.2) is 0 Å². The smallest absolute Gasteiger partial charge is 0.471 e. The summed E-state index contributed by atoms with van der Waals surface area (Å²) in [5.74, 6) is -1.02. The molecule has 0 unspecified atom stereocenters. The summed E-state index contributed by atoms with van der Waals surface area (Å²) >= 11 is 0. The highest BCUT2D eigenvalue weighted by atomic mass is 19.4. The van der Waals surface area contributed by atoms with Gasteiger partial charge in [0.2, 0.25) is 0 Å². The van der Waals surface area contributed by atoms with E-state index in [1.165, 1.54) is 0 Å². The summed E-state index contributed by atoms with van der Waals surface area (Å²) in [4.78, 5) is 17.0. The molecule has 0 bridgehead atoms. The van der Waals surface area contributed by atoms with Crippen LogP contribution in [0.2, 0.25) is 0 Å². The van der Waals surface area contributed by atoms with E-state index in [9.17, 15) is 18.0 Å². The summed E-state index contributed by atoms with van der Waals surface area (Å²) in [5, 5.41) is 4.32. The van der Waals surface area contributed by atoms with E-state index in [2.05, 4.69) is 14.9 Å². The second kappa shape index (κ2) is 9.25. The van der Waals surface area contributed by atoms with Crippen molar-refractivity contribution in [1.82, 2.24) is 19.6 Å². The van der Waals surface area contributed by atoms with Crippen LogP contribution in [-0.2, 0) is 11.8 Å². The Kier molecular flexibility index (Phi) is 6.29. The number of anilines is 2. The van der Waals surface area contributed by atoms with Gasteiger partial charge in [-0.15, -0.1) is 0 Å². The molecule has 2 aromatic rings. The molecule has 1 amide bonds. The summed E-state index contributed by atoms with van der Waals surface area (Å²) in [5.41, 5.74) is 10.0. The van der Waals surface area contributed by atoms with E-state index in [-0.39, 0.29) is 25.2 Å². The lowest BCUT2D eigenvalue weighted by Crippen LogP contribution is -2.56. The number of piperidine rings is 1. The third-order valence-corrected chi connectivity index (χ3v) is 7.13. The number of ether oxygens (including phenoxy) is 1. The summed E-state index contributed by atoms with van der Waals surface area (Å²) in [7, 11) is 1.88. The van der Waals surface area contributed by atoms with Crippen LogP contribution in [0, 0.1) is 0 Å². The predicted molar refractivity (Wildman–Crippen MR) is 126 cm³/mol. The second-order valence-electron chi connectivity index (χ2n) is 9.67. The fourth-order valence-corrected chi connectivity index (χ4v) is 5.05. The molecule has 2 saturated heterocycles. The molecule has 0 atom stereocenters. The number of benzene rings is 1. The lowest BCUT2D eigenvalue weighted by atomic mass is 9.98. The number of carbonyl (C=O) groups excluding carboxylic acids is 1. The highest BCUT2D eigenvalue weighted by Gasteiger charge is 2.43. The summed E-state index contributed by atoms with van der Waals surface area (Å²) in [6.07, 6.45) is 3.11. The van der Waals surface area contributed by atoms with E-state index >= 15 is 0 Å². The van der Waals surface area contributed by atoms with E-state index in [0.717, 1.165) is 60.5 Å². The molecule has 2 aliphatic heterocycles. The normalized spacial score (nSPS) is 20.3. The van der Waals surface area contributed by atoms with Gasteiger partial charge >= 0.3 is 12.1 Å². The van der Waals surface area contributed by atoms with Crippen LogP contribution in [0.15, 0.2) is 24.5 Å². The van der Waals surface area contributed by atoms with Crippen LogP contribution in [0.1, 0.15) is 25.7 Å². The Labute approximate surface area is 202 Å². The van der Waals surface area contributed by atoms with Crippen molar-refractivity contribution >= 4 is 17.3 Å². The van der Waals surface area contributed by atoms with Gasteiger partial charge in [0, 0.05) is 81.4 Å². The van der Waals surface area contributed by atoms with Crippen LogP contribution in [0.3, 0.4) is 0 Å². The fraction of sp³-hybridized carbons (Fsp3) is 0.583. The molecule has 11 heteroatoms. The number of hydrogen-bond donors (Lipinski definition) is 1. The summed E-state index contributed by atoms with van der Waals surface area (Å²) < 4.78 is 46.0. The molecule has 2 N–H and O–H groups in total. The Hall–Kier alpha value is -2.95. The molecule has 190 valence electrons. The van der Waals surface area contributed by atoms with Gasteiger partial charge in [0.15, 0.2) is 0 Å². The molecule has 3 heterocycles. The van der Waals surface area contributed by atoms with Gasteiger partial charge in [-0.3, -0.25) is 14.4 Å². The minimum Gasteiger partial charge on any atom is -0.488 e. The largest absolute Gasteiger partial charge is 0.488 e. The van der Waals surface area contributed by atoms with Crippen LogP contribution < -0.4 is 15.4 Å². The van der Waals surface area contributed by atoms with Crippen LogP contribution in [0.4, 0.5) is 24.5 Å². The first-order chi connectivity index (χ1) is 16.7. The lowest BCUT2D eigenvalue weighted by Gasteiger charge is -2.43. The standard InChI is InChI=1S/C24H31F3N6O2/c1-30-15-16(14-29-30)19-12-20(28)22(35-18-2-3-18)13-21(19)32-6-4-17(5-7-32)31-8-10-33(11-9-31)23(34)24(25,26)27/h12-15,17-18H,2-11,28H2,1H3. The number of aromatic nitrogens is 2.